The van der Waals surface area contributed by atoms with Crippen LogP contribution in [-0.2, 0) is 4.79 Å². The summed E-state index contributed by atoms with van der Waals surface area (Å²) >= 11 is 1.55. The molecule has 1 saturated heterocycles. The average molecular weight is 254 g/mol. The highest BCUT2D eigenvalue weighted by molar-refractivity contribution is 7.07. The monoisotopic (exact) mass is 254 g/mol. The summed E-state index contributed by atoms with van der Waals surface area (Å²) in [7, 11) is 0. The first-order valence-electron chi connectivity index (χ1n) is 5.96. The first-order valence-corrected chi connectivity index (χ1v) is 6.90. The highest BCUT2D eigenvalue weighted by Crippen LogP contribution is 2.16. The van der Waals surface area contributed by atoms with Gasteiger partial charge in [0, 0.05) is 13.1 Å². The first-order chi connectivity index (χ1) is 8.27. The number of piperidine rings is 1. The van der Waals surface area contributed by atoms with Crippen LogP contribution in [-0.4, -0.2) is 30.6 Å². The molecular weight excluding hydrogens is 236 g/mol. The van der Waals surface area contributed by atoms with Crippen LogP contribution in [0.1, 0.15) is 24.5 Å². The predicted octanol–water partition coefficient (Wildman–Crippen LogP) is 0.897. The van der Waals surface area contributed by atoms with Crippen molar-refractivity contribution in [2.45, 2.75) is 18.9 Å². The second-order valence-electron chi connectivity index (χ2n) is 4.36. The number of hydrogen-bond donors (Lipinski definition) is 3. The lowest BCUT2D eigenvalue weighted by molar-refractivity contribution is -0.125. The van der Waals surface area contributed by atoms with E-state index in [1.807, 2.05) is 16.8 Å². The summed E-state index contributed by atoms with van der Waals surface area (Å²) in [5.41, 5.74) is 0.872. The summed E-state index contributed by atoms with van der Waals surface area (Å²) < 4.78 is 0. The third-order valence-corrected chi connectivity index (χ3v) is 3.77. The molecule has 3 N–H and O–H groups in total. The van der Waals surface area contributed by atoms with Crippen LogP contribution < -0.4 is 10.6 Å². The van der Waals surface area contributed by atoms with Crippen LogP contribution >= 0.6 is 11.3 Å². The fourth-order valence-corrected chi connectivity index (χ4v) is 2.71. The van der Waals surface area contributed by atoms with Crippen molar-refractivity contribution in [3.63, 3.8) is 0 Å². The van der Waals surface area contributed by atoms with Gasteiger partial charge in [-0.05, 0) is 41.8 Å². The Morgan fingerprint density at radius 2 is 2.59 bits per heavy atom. The van der Waals surface area contributed by atoms with Gasteiger partial charge in [-0.2, -0.15) is 11.3 Å². The number of carbonyl (C=O) groups is 1. The van der Waals surface area contributed by atoms with Crippen LogP contribution in [0.25, 0.3) is 0 Å². The lowest BCUT2D eigenvalue weighted by atomic mass is 9.99. The molecule has 0 saturated carbocycles. The van der Waals surface area contributed by atoms with Crippen molar-refractivity contribution in [1.29, 1.82) is 0 Å². The Balaban J connectivity index is 1.75. The van der Waals surface area contributed by atoms with E-state index in [4.69, 9.17) is 0 Å². The third-order valence-electron chi connectivity index (χ3n) is 3.07. The molecule has 2 rings (SSSR count). The van der Waals surface area contributed by atoms with Crippen molar-refractivity contribution in [3.05, 3.63) is 22.4 Å². The van der Waals surface area contributed by atoms with E-state index >= 15 is 0 Å². The van der Waals surface area contributed by atoms with Crippen molar-refractivity contribution in [2.75, 3.05) is 19.6 Å². The molecule has 1 amide bonds. The van der Waals surface area contributed by atoms with E-state index in [1.54, 1.807) is 11.3 Å². The number of rotatable bonds is 4. The van der Waals surface area contributed by atoms with Gasteiger partial charge in [-0.3, -0.25) is 4.79 Å². The largest absolute Gasteiger partial charge is 0.387 e. The van der Waals surface area contributed by atoms with Crippen LogP contribution in [0, 0.1) is 5.92 Å². The molecule has 1 aliphatic heterocycles. The Kier molecular flexibility index (Phi) is 4.53. The van der Waals surface area contributed by atoms with E-state index in [2.05, 4.69) is 10.6 Å². The zero-order valence-corrected chi connectivity index (χ0v) is 10.5. The number of thiophene rings is 1. The molecule has 17 heavy (non-hydrogen) atoms. The number of aliphatic hydroxyl groups is 1. The van der Waals surface area contributed by atoms with E-state index in [0.717, 1.165) is 31.5 Å². The summed E-state index contributed by atoms with van der Waals surface area (Å²) in [6, 6.07) is 1.88. The Hall–Kier alpha value is -0.910. The summed E-state index contributed by atoms with van der Waals surface area (Å²) in [5, 5.41) is 19.7. The summed E-state index contributed by atoms with van der Waals surface area (Å²) in [5.74, 6) is 0.102. The van der Waals surface area contributed by atoms with Gasteiger partial charge in [0.1, 0.15) is 0 Å². The Bertz CT molecular complexity index is 347. The quantitative estimate of drug-likeness (QED) is 0.748. The Morgan fingerprint density at radius 1 is 1.71 bits per heavy atom. The minimum atomic E-state index is -0.596. The minimum absolute atomic E-state index is 0.0477. The van der Waals surface area contributed by atoms with Crippen LogP contribution in [0.5, 0.6) is 0 Å². The summed E-state index contributed by atoms with van der Waals surface area (Å²) in [6.07, 6.45) is 1.39. The maximum absolute atomic E-state index is 11.8. The SMILES string of the molecule is O=C(NCC(O)c1ccsc1)[C@@H]1CCCNC1. The Morgan fingerprint density at radius 3 is 3.24 bits per heavy atom. The number of nitrogens with one attached hydrogen (secondary N) is 2. The minimum Gasteiger partial charge on any atom is -0.387 e. The molecule has 0 radical (unpaired) electrons. The van der Waals surface area contributed by atoms with Gasteiger partial charge in [0.15, 0.2) is 0 Å². The molecule has 4 nitrogen and oxygen atoms in total. The molecule has 5 heteroatoms. The number of carbonyl (C=O) groups excluding carboxylic acids is 1. The lowest BCUT2D eigenvalue weighted by Crippen LogP contribution is -2.41. The first kappa shape index (κ1) is 12.5. The predicted molar refractivity (Wildman–Crippen MR) is 67.9 cm³/mol. The fourth-order valence-electron chi connectivity index (χ4n) is 2.00. The average Bonchev–Trinajstić information content (AvgIpc) is 2.90. The topological polar surface area (TPSA) is 61.4 Å². The van der Waals surface area contributed by atoms with Crippen molar-refractivity contribution in [1.82, 2.24) is 10.6 Å². The van der Waals surface area contributed by atoms with Crippen molar-refractivity contribution < 1.29 is 9.90 Å². The van der Waals surface area contributed by atoms with Gasteiger partial charge < -0.3 is 15.7 Å². The molecular formula is C12H18N2O2S. The van der Waals surface area contributed by atoms with Gasteiger partial charge in [-0.1, -0.05) is 0 Å². The standard InChI is InChI=1S/C12H18N2O2S/c15-11(10-3-5-17-8-10)7-14-12(16)9-2-1-4-13-6-9/h3,5,8-9,11,13,15H,1-2,4,6-7H2,(H,14,16)/t9-,11?/m1/s1. The molecule has 1 fully saturated rings. The van der Waals surface area contributed by atoms with Crippen LogP contribution in [0.3, 0.4) is 0 Å². The van der Waals surface area contributed by atoms with E-state index in [9.17, 15) is 9.90 Å². The van der Waals surface area contributed by atoms with Gasteiger partial charge in [-0.15, -0.1) is 0 Å². The molecule has 0 aliphatic carbocycles. The fraction of sp³-hybridized carbons (Fsp3) is 0.583. The zero-order chi connectivity index (χ0) is 12.1. The van der Waals surface area contributed by atoms with Crippen molar-refractivity contribution in [2.24, 2.45) is 5.92 Å². The van der Waals surface area contributed by atoms with Gasteiger partial charge in [0.2, 0.25) is 5.91 Å². The van der Waals surface area contributed by atoms with Gasteiger partial charge in [0.25, 0.3) is 0 Å². The normalized spacial score (nSPS) is 22.1. The molecule has 0 spiro atoms. The van der Waals surface area contributed by atoms with Crippen LogP contribution in [0.4, 0.5) is 0 Å². The van der Waals surface area contributed by atoms with Crippen molar-refractivity contribution in [3.8, 4) is 0 Å². The molecule has 1 aliphatic rings. The molecule has 2 atom stereocenters. The molecule has 0 aromatic carbocycles. The molecule has 1 aromatic heterocycles. The molecule has 2 heterocycles. The zero-order valence-electron chi connectivity index (χ0n) is 9.69. The van der Waals surface area contributed by atoms with Gasteiger partial charge >= 0.3 is 0 Å². The van der Waals surface area contributed by atoms with Gasteiger partial charge in [-0.25, -0.2) is 0 Å². The van der Waals surface area contributed by atoms with E-state index in [1.165, 1.54) is 0 Å². The second kappa shape index (κ2) is 6.14. The smallest absolute Gasteiger partial charge is 0.224 e. The Labute approximate surface area is 105 Å². The third kappa shape index (κ3) is 3.52. The lowest BCUT2D eigenvalue weighted by Gasteiger charge is -2.22. The van der Waals surface area contributed by atoms with Crippen LogP contribution in [0.15, 0.2) is 16.8 Å². The highest BCUT2D eigenvalue weighted by atomic mass is 32.1. The number of hydrogen-bond acceptors (Lipinski definition) is 4. The number of aliphatic hydroxyl groups excluding tert-OH is 1. The van der Waals surface area contributed by atoms with E-state index < -0.39 is 6.10 Å². The van der Waals surface area contributed by atoms with Crippen LogP contribution in [0.2, 0.25) is 0 Å². The van der Waals surface area contributed by atoms with Gasteiger partial charge in [0.05, 0.1) is 12.0 Å². The summed E-state index contributed by atoms with van der Waals surface area (Å²) in [6.45, 7) is 2.05. The molecule has 0 bridgehead atoms. The second-order valence-corrected chi connectivity index (χ2v) is 5.14. The maximum Gasteiger partial charge on any atom is 0.224 e. The molecule has 94 valence electrons. The highest BCUT2D eigenvalue weighted by Gasteiger charge is 2.21. The van der Waals surface area contributed by atoms with E-state index in [0.29, 0.717) is 6.54 Å². The van der Waals surface area contributed by atoms with Crippen molar-refractivity contribution >= 4 is 17.2 Å². The maximum atomic E-state index is 11.8. The van der Waals surface area contributed by atoms with E-state index in [-0.39, 0.29) is 11.8 Å². The molecule has 1 unspecified atom stereocenters. The number of amides is 1. The molecule has 1 aromatic rings. The summed E-state index contributed by atoms with van der Waals surface area (Å²) in [4.78, 5) is 11.8.